The first kappa shape index (κ1) is 18.2. The second-order valence-corrected chi connectivity index (χ2v) is 6.26. The molecule has 1 heterocycles. The SMILES string of the molecule is COc1ccc([N+](=O)[O-])cc1OCC(=O)Nc1cc(C(C)(C)C)no1. The quantitative estimate of drug-likeness (QED) is 0.629. The third-order valence-electron chi connectivity index (χ3n) is 3.26. The molecule has 1 aromatic carbocycles. The van der Waals surface area contributed by atoms with Gasteiger partial charge in [-0.05, 0) is 6.07 Å². The lowest BCUT2D eigenvalue weighted by atomic mass is 9.92. The van der Waals surface area contributed by atoms with Crippen molar-refractivity contribution in [2.24, 2.45) is 0 Å². The molecule has 2 aromatic rings. The maximum absolute atomic E-state index is 12.0. The van der Waals surface area contributed by atoms with Crippen molar-refractivity contribution in [2.75, 3.05) is 19.0 Å². The Balaban J connectivity index is 2.01. The molecule has 0 unspecified atom stereocenters. The van der Waals surface area contributed by atoms with Gasteiger partial charge in [-0.3, -0.25) is 20.2 Å². The number of hydrogen-bond donors (Lipinski definition) is 1. The number of anilines is 1. The molecule has 0 aliphatic carbocycles. The average molecular weight is 349 g/mol. The van der Waals surface area contributed by atoms with Crippen LogP contribution in [0.25, 0.3) is 0 Å². The standard InChI is InChI=1S/C16H19N3O6/c1-16(2,3)13-8-15(25-18-13)17-14(20)9-24-12-7-10(19(21)22)5-6-11(12)23-4/h5-8H,9H2,1-4H3,(H,17,20). The Labute approximate surface area is 144 Å². The lowest BCUT2D eigenvalue weighted by molar-refractivity contribution is -0.385. The van der Waals surface area contributed by atoms with E-state index in [0.29, 0.717) is 5.69 Å². The highest BCUT2D eigenvalue weighted by molar-refractivity contribution is 5.90. The van der Waals surface area contributed by atoms with E-state index in [9.17, 15) is 14.9 Å². The topological polar surface area (TPSA) is 117 Å². The van der Waals surface area contributed by atoms with E-state index in [0.717, 1.165) is 0 Å². The van der Waals surface area contributed by atoms with Gasteiger partial charge >= 0.3 is 0 Å². The van der Waals surface area contributed by atoms with Crippen LogP contribution in [0.15, 0.2) is 28.8 Å². The average Bonchev–Trinajstić information content (AvgIpc) is 3.01. The van der Waals surface area contributed by atoms with Crippen LogP contribution in [0.5, 0.6) is 11.5 Å². The van der Waals surface area contributed by atoms with Crippen LogP contribution in [0.4, 0.5) is 11.6 Å². The summed E-state index contributed by atoms with van der Waals surface area (Å²) in [5.41, 5.74) is 0.324. The predicted octanol–water partition coefficient (Wildman–Crippen LogP) is 2.91. The van der Waals surface area contributed by atoms with Crippen LogP contribution in [-0.4, -0.2) is 29.7 Å². The Morgan fingerprint density at radius 3 is 2.60 bits per heavy atom. The van der Waals surface area contributed by atoms with Crippen molar-refractivity contribution < 1.29 is 23.7 Å². The van der Waals surface area contributed by atoms with E-state index in [1.54, 1.807) is 6.07 Å². The van der Waals surface area contributed by atoms with E-state index in [4.69, 9.17) is 14.0 Å². The number of carbonyl (C=O) groups is 1. The van der Waals surface area contributed by atoms with Crippen LogP contribution in [-0.2, 0) is 10.2 Å². The zero-order chi connectivity index (χ0) is 18.6. The number of nitrogens with one attached hydrogen (secondary N) is 1. The van der Waals surface area contributed by atoms with Gasteiger partial charge in [0.15, 0.2) is 18.1 Å². The smallest absolute Gasteiger partial charge is 0.273 e. The highest BCUT2D eigenvalue weighted by atomic mass is 16.6. The lowest BCUT2D eigenvalue weighted by Gasteiger charge is -2.12. The molecular weight excluding hydrogens is 330 g/mol. The summed E-state index contributed by atoms with van der Waals surface area (Å²) in [6.07, 6.45) is 0. The fourth-order valence-corrected chi connectivity index (χ4v) is 1.90. The predicted molar refractivity (Wildman–Crippen MR) is 89.0 cm³/mol. The first-order valence-corrected chi connectivity index (χ1v) is 7.43. The first-order valence-electron chi connectivity index (χ1n) is 7.43. The molecule has 0 radical (unpaired) electrons. The number of nitrogens with zero attached hydrogens (tertiary/aromatic N) is 2. The molecule has 25 heavy (non-hydrogen) atoms. The fraction of sp³-hybridized carbons (Fsp3) is 0.375. The van der Waals surface area contributed by atoms with Crippen molar-refractivity contribution in [1.29, 1.82) is 0 Å². The van der Waals surface area contributed by atoms with Gasteiger partial charge in [0.2, 0.25) is 5.88 Å². The Bertz CT molecular complexity index is 778. The van der Waals surface area contributed by atoms with E-state index in [1.165, 1.54) is 25.3 Å². The van der Waals surface area contributed by atoms with Crippen LogP contribution in [0.2, 0.25) is 0 Å². The van der Waals surface area contributed by atoms with E-state index in [2.05, 4.69) is 10.5 Å². The van der Waals surface area contributed by atoms with Crippen molar-refractivity contribution in [3.05, 3.63) is 40.1 Å². The molecule has 1 aromatic heterocycles. The normalized spacial score (nSPS) is 11.0. The number of methoxy groups -OCH3 is 1. The maximum atomic E-state index is 12.0. The van der Waals surface area contributed by atoms with Gasteiger partial charge in [-0.1, -0.05) is 25.9 Å². The summed E-state index contributed by atoms with van der Waals surface area (Å²) in [4.78, 5) is 22.2. The highest BCUT2D eigenvalue weighted by Gasteiger charge is 2.20. The number of ether oxygens (including phenoxy) is 2. The summed E-state index contributed by atoms with van der Waals surface area (Å²) in [5.74, 6) is 0.0857. The van der Waals surface area contributed by atoms with Crippen LogP contribution in [0.1, 0.15) is 26.5 Å². The number of aromatic nitrogens is 1. The van der Waals surface area contributed by atoms with Crippen LogP contribution in [0.3, 0.4) is 0 Å². The second kappa shape index (κ2) is 7.20. The number of carbonyl (C=O) groups excluding carboxylic acids is 1. The van der Waals surface area contributed by atoms with E-state index in [1.807, 2.05) is 20.8 Å². The molecule has 1 N–H and O–H groups in total. The van der Waals surface area contributed by atoms with Gasteiger partial charge in [-0.15, -0.1) is 0 Å². The van der Waals surface area contributed by atoms with Gasteiger partial charge in [0.25, 0.3) is 11.6 Å². The summed E-state index contributed by atoms with van der Waals surface area (Å²) in [6, 6.07) is 5.51. The number of hydrogen-bond acceptors (Lipinski definition) is 7. The summed E-state index contributed by atoms with van der Waals surface area (Å²) in [5, 5.41) is 17.2. The summed E-state index contributed by atoms with van der Waals surface area (Å²) >= 11 is 0. The number of nitro groups is 1. The van der Waals surface area contributed by atoms with E-state index >= 15 is 0 Å². The molecule has 0 saturated carbocycles. The van der Waals surface area contributed by atoms with E-state index < -0.39 is 10.8 Å². The molecule has 9 heteroatoms. The van der Waals surface area contributed by atoms with Crippen molar-refractivity contribution >= 4 is 17.5 Å². The summed E-state index contributed by atoms with van der Waals surface area (Å²) < 4.78 is 15.4. The third-order valence-corrected chi connectivity index (χ3v) is 3.26. The maximum Gasteiger partial charge on any atom is 0.273 e. The number of benzene rings is 1. The van der Waals surface area contributed by atoms with Gasteiger partial charge in [0.05, 0.1) is 23.8 Å². The molecule has 134 valence electrons. The van der Waals surface area contributed by atoms with Crippen molar-refractivity contribution in [2.45, 2.75) is 26.2 Å². The van der Waals surface area contributed by atoms with Crippen LogP contribution >= 0.6 is 0 Å². The largest absolute Gasteiger partial charge is 0.493 e. The van der Waals surface area contributed by atoms with Crippen LogP contribution < -0.4 is 14.8 Å². The third kappa shape index (κ3) is 4.69. The van der Waals surface area contributed by atoms with Crippen molar-refractivity contribution in [3.8, 4) is 11.5 Å². The van der Waals surface area contributed by atoms with Gasteiger partial charge in [-0.25, -0.2) is 0 Å². The zero-order valence-electron chi connectivity index (χ0n) is 14.4. The highest BCUT2D eigenvalue weighted by Crippen LogP contribution is 2.31. The Kier molecular flexibility index (Phi) is 5.26. The van der Waals surface area contributed by atoms with Crippen LogP contribution in [0, 0.1) is 10.1 Å². The van der Waals surface area contributed by atoms with E-state index in [-0.39, 0.29) is 35.1 Å². The Morgan fingerprint density at radius 2 is 2.04 bits per heavy atom. The monoisotopic (exact) mass is 349 g/mol. The minimum absolute atomic E-state index is 0.0970. The molecule has 0 aliphatic rings. The van der Waals surface area contributed by atoms with Crippen molar-refractivity contribution in [1.82, 2.24) is 5.16 Å². The zero-order valence-corrected chi connectivity index (χ0v) is 14.4. The van der Waals surface area contributed by atoms with Gasteiger partial charge in [0.1, 0.15) is 0 Å². The fourth-order valence-electron chi connectivity index (χ4n) is 1.90. The minimum atomic E-state index is -0.561. The molecule has 0 fully saturated rings. The Morgan fingerprint density at radius 1 is 1.32 bits per heavy atom. The number of nitro benzene ring substituents is 1. The number of rotatable bonds is 6. The van der Waals surface area contributed by atoms with Gasteiger partial charge in [-0.2, -0.15) is 0 Å². The molecule has 0 bridgehead atoms. The van der Waals surface area contributed by atoms with Crippen molar-refractivity contribution in [3.63, 3.8) is 0 Å². The van der Waals surface area contributed by atoms with Gasteiger partial charge < -0.3 is 14.0 Å². The first-order chi connectivity index (χ1) is 11.7. The molecule has 9 nitrogen and oxygen atoms in total. The van der Waals surface area contributed by atoms with Gasteiger partial charge in [0, 0.05) is 17.5 Å². The molecule has 1 amide bonds. The minimum Gasteiger partial charge on any atom is -0.493 e. The molecule has 0 aliphatic heterocycles. The second-order valence-electron chi connectivity index (χ2n) is 6.26. The molecule has 0 spiro atoms. The number of non-ortho nitro benzene ring substituents is 1. The Hall–Kier alpha value is -3.10. The molecule has 0 saturated heterocycles. The molecule has 2 rings (SSSR count). The number of amides is 1. The lowest BCUT2D eigenvalue weighted by Crippen LogP contribution is -2.20. The molecule has 0 atom stereocenters. The summed E-state index contributed by atoms with van der Waals surface area (Å²) in [7, 11) is 1.40. The molecular formula is C16H19N3O6. The summed E-state index contributed by atoms with van der Waals surface area (Å²) in [6.45, 7) is 5.53.